The molecule has 0 amide bonds. The molecule has 3 nitrogen and oxygen atoms in total. The molecule has 0 bridgehead atoms. The molecule has 1 heterocycles. The van der Waals surface area contributed by atoms with Crippen LogP contribution in [0.25, 0.3) is 0 Å². The fourth-order valence-corrected chi connectivity index (χ4v) is 2.58. The highest BCUT2D eigenvalue weighted by Gasteiger charge is 2.48. The molecule has 1 aliphatic rings. The third kappa shape index (κ3) is 2.24. The van der Waals surface area contributed by atoms with Crippen molar-refractivity contribution in [2.75, 3.05) is 7.05 Å². The summed E-state index contributed by atoms with van der Waals surface area (Å²) in [4.78, 5) is 12.6. The van der Waals surface area contributed by atoms with E-state index in [0.29, 0.717) is 12.1 Å². The summed E-state index contributed by atoms with van der Waals surface area (Å²) in [7, 11) is 1.49. The van der Waals surface area contributed by atoms with Gasteiger partial charge in [-0.15, -0.1) is 0 Å². The highest BCUT2D eigenvalue weighted by Crippen LogP contribution is 2.42. The summed E-state index contributed by atoms with van der Waals surface area (Å²) in [5.41, 5.74) is -1.34. The summed E-state index contributed by atoms with van der Waals surface area (Å²) < 4.78 is 51.1. The van der Waals surface area contributed by atoms with Gasteiger partial charge in [0.25, 0.3) is 0 Å². The molecule has 0 aromatic heterocycles. The zero-order chi connectivity index (χ0) is 15.2. The number of nitrogens with zero attached hydrogens (tertiary/aromatic N) is 1. The lowest BCUT2D eigenvalue weighted by Crippen LogP contribution is -2.54. The smallest absolute Gasteiger partial charge is 0.419 e. The van der Waals surface area contributed by atoms with E-state index in [1.807, 2.05) is 0 Å². The summed E-state index contributed by atoms with van der Waals surface area (Å²) in [6, 6.07) is 1.64. The van der Waals surface area contributed by atoms with Gasteiger partial charge in [0.15, 0.2) is 0 Å². The van der Waals surface area contributed by atoms with Crippen molar-refractivity contribution in [3.05, 3.63) is 35.1 Å². The van der Waals surface area contributed by atoms with Crippen molar-refractivity contribution in [3.63, 3.8) is 0 Å². The van der Waals surface area contributed by atoms with Gasteiger partial charge in [0, 0.05) is 7.05 Å². The second-order valence-electron chi connectivity index (χ2n) is 4.45. The molecule has 8 heteroatoms. The van der Waals surface area contributed by atoms with Gasteiger partial charge in [-0.1, -0.05) is 18.3 Å². The summed E-state index contributed by atoms with van der Waals surface area (Å²) in [6.45, 7) is 0. The Balaban J connectivity index is 2.44. The van der Waals surface area contributed by atoms with E-state index in [0.717, 1.165) is 6.07 Å². The largest absolute Gasteiger partial charge is 0.481 e. The van der Waals surface area contributed by atoms with Crippen LogP contribution in [-0.2, 0) is 11.0 Å². The van der Waals surface area contributed by atoms with Crippen LogP contribution in [0.2, 0.25) is 0 Å². The number of hydrogen-bond acceptors (Lipinski definition) is 2. The van der Waals surface area contributed by atoms with Crippen LogP contribution in [0, 0.1) is 11.7 Å². The Morgan fingerprint density at radius 3 is 2.50 bits per heavy atom. The van der Waals surface area contributed by atoms with Crippen molar-refractivity contribution in [3.8, 4) is 0 Å². The Labute approximate surface area is 116 Å². The van der Waals surface area contributed by atoms with Crippen LogP contribution in [0.1, 0.15) is 17.2 Å². The number of thiocarbonyl (C=S) groups is 1. The van der Waals surface area contributed by atoms with Crippen LogP contribution in [0.15, 0.2) is 18.2 Å². The van der Waals surface area contributed by atoms with E-state index in [9.17, 15) is 22.4 Å². The zero-order valence-corrected chi connectivity index (χ0v) is 10.9. The average molecular weight is 307 g/mol. The highest BCUT2D eigenvalue weighted by atomic mass is 32.1. The predicted octanol–water partition coefficient (Wildman–Crippen LogP) is 2.86. The lowest BCUT2D eigenvalue weighted by molar-refractivity contribution is -0.143. The first-order chi connectivity index (χ1) is 9.14. The van der Waals surface area contributed by atoms with Crippen LogP contribution in [-0.4, -0.2) is 28.0 Å². The Hall–Kier alpha value is -1.70. The number of likely N-dealkylation sites (tertiary alicyclic amines) is 1. The molecule has 0 saturated carbocycles. The maximum Gasteiger partial charge on any atom is 0.419 e. The van der Waals surface area contributed by atoms with Gasteiger partial charge < -0.3 is 10.0 Å². The van der Waals surface area contributed by atoms with Gasteiger partial charge in [0.05, 0.1) is 16.6 Å². The molecule has 1 aromatic carbocycles. The maximum atomic E-state index is 13.2. The SMILES string of the molecule is CN1C(=S)C(C(=O)O)C1c1ccc(F)c(C(F)(F)F)c1. The summed E-state index contributed by atoms with van der Waals surface area (Å²) in [5.74, 6) is -3.67. The average Bonchev–Trinajstić information content (AvgIpc) is 2.33. The van der Waals surface area contributed by atoms with E-state index in [2.05, 4.69) is 0 Å². The van der Waals surface area contributed by atoms with E-state index in [4.69, 9.17) is 17.3 Å². The predicted molar refractivity (Wildman–Crippen MR) is 65.6 cm³/mol. The van der Waals surface area contributed by atoms with Crippen molar-refractivity contribution in [2.24, 2.45) is 5.92 Å². The minimum atomic E-state index is -4.83. The number of halogens is 4. The molecule has 2 atom stereocenters. The molecular formula is C12H9F4NO2S. The first-order valence-corrected chi connectivity index (χ1v) is 5.91. The molecule has 0 spiro atoms. The lowest BCUT2D eigenvalue weighted by Gasteiger charge is -2.46. The maximum absolute atomic E-state index is 13.2. The van der Waals surface area contributed by atoms with Crippen LogP contribution in [0.3, 0.4) is 0 Å². The Morgan fingerprint density at radius 1 is 1.40 bits per heavy atom. The fourth-order valence-electron chi connectivity index (χ4n) is 2.23. The normalized spacial score (nSPS) is 22.6. The van der Waals surface area contributed by atoms with Gasteiger partial charge in [-0.3, -0.25) is 4.79 Å². The summed E-state index contributed by atoms with van der Waals surface area (Å²) in [6.07, 6.45) is -4.83. The molecule has 1 fully saturated rings. The second kappa shape index (κ2) is 4.69. The zero-order valence-electron chi connectivity index (χ0n) is 10.1. The van der Waals surface area contributed by atoms with Gasteiger partial charge in [0.1, 0.15) is 11.7 Å². The van der Waals surface area contributed by atoms with Crippen LogP contribution in [0.4, 0.5) is 17.6 Å². The first kappa shape index (κ1) is 14.7. The summed E-state index contributed by atoms with van der Waals surface area (Å²) >= 11 is 4.86. The highest BCUT2D eigenvalue weighted by molar-refractivity contribution is 7.80. The van der Waals surface area contributed by atoms with E-state index in [1.165, 1.54) is 11.9 Å². The van der Waals surface area contributed by atoms with E-state index in [1.54, 1.807) is 0 Å². The molecule has 108 valence electrons. The number of aliphatic carboxylic acids is 1. The van der Waals surface area contributed by atoms with Gasteiger partial charge in [0.2, 0.25) is 0 Å². The van der Waals surface area contributed by atoms with Crippen molar-refractivity contribution >= 4 is 23.2 Å². The van der Waals surface area contributed by atoms with Gasteiger partial charge in [-0.2, -0.15) is 13.2 Å². The number of benzene rings is 1. The third-order valence-electron chi connectivity index (χ3n) is 3.25. The first-order valence-electron chi connectivity index (χ1n) is 5.50. The molecule has 20 heavy (non-hydrogen) atoms. The van der Waals surface area contributed by atoms with Gasteiger partial charge >= 0.3 is 12.1 Å². The van der Waals surface area contributed by atoms with Crippen molar-refractivity contribution in [1.29, 1.82) is 0 Å². The van der Waals surface area contributed by atoms with Crippen LogP contribution in [0.5, 0.6) is 0 Å². The number of carboxylic acid groups (broad SMARTS) is 1. The van der Waals surface area contributed by atoms with E-state index >= 15 is 0 Å². The van der Waals surface area contributed by atoms with Crippen molar-refractivity contribution < 1.29 is 27.5 Å². The molecule has 2 rings (SSSR count). The lowest BCUT2D eigenvalue weighted by atomic mass is 9.83. The standard InChI is InChI=1S/C12H9F4NO2S/c1-17-9(8(10(17)20)11(18)19)5-2-3-7(13)6(4-5)12(14,15)16/h2-4,8-9H,1H3,(H,18,19). The minimum Gasteiger partial charge on any atom is -0.481 e. The molecule has 0 aliphatic carbocycles. The minimum absolute atomic E-state index is 0.0715. The molecule has 0 radical (unpaired) electrons. The molecule has 1 N–H and O–H groups in total. The van der Waals surface area contributed by atoms with E-state index < -0.39 is 35.5 Å². The topological polar surface area (TPSA) is 40.5 Å². The molecule has 2 unspecified atom stereocenters. The summed E-state index contributed by atoms with van der Waals surface area (Å²) in [5, 5.41) is 9.03. The second-order valence-corrected chi connectivity index (χ2v) is 4.87. The number of rotatable bonds is 2. The van der Waals surface area contributed by atoms with E-state index in [-0.39, 0.29) is 10.6 Å². The fraction of sp³-hybridized carbons (Fsp3) is 0.333. The van der Waals surface area contributed by atoms with Crippen molar-refractivity contribution in [2.45, 2.75) is 12.2 Å². The van der Waals surface area contributed by atoms with Crippen LogP contribution < -0.4 is 0 Å². The number of alkyl halides is 3. The monoisotopic (exact) mass is 307 g/mol. The molecule has 1 aromatic rings. The van der Waals surface area contributed by atoms with Crippen LogP contribution >= 0.6 is 12.2 Å². The number of carboxylic acids is 1. The Morgan fingerprint density at radius 2 is 2.00 bits per heavy atom. The molecule has 1 saturated heterocycles. The number of carbonyl (C=O) groups is 1. The van der Waals surface area contributed by atoms with Gasteiger partial charge in [-0.25, -0.2) is 4.39 Å². The third-order valence-corrected chi connectivity index (χ3v) is 3.79. The van der Waals surface area contributed by atoms with Gasteiger partial charge in [-0.05, 0) is 17.7 Å². The Bertz CT molecular complexity index is 587. The number of hydrogen-bond donors (Lipinski definition) is 1. The molecular weight excluding hydrogens is 298 g/mol. The van der Waals surface area contributed by atoms with Crippen molar-refractivity contribution in [1.82, 2.24) is 4.90 Å². The molecule has 1 aliphatic heterocycles. The quantitative estimate of drug-likeness (QED) is 0.674. The Kier molecular flexibility index (Phi) is 3.45.